The Labute approximate surface area is 107 Å². The average molecular weight is 298 g/mol. The summed E-state index contributed by atoms with van der Waals surface area (Å²) < 4.78 is 0.916. The zero-order valence-corrected chi connectivity index (χ0v) is 10.7. The van der Waals surface area contributed by atoms with E-state index in [-0.39, 0.29) is 5.91 Å². The summed E-state index contributed by atoms with van der Waals surface area (Å²) in [5.74, 6) is -1.34. The standard InChI is InChI=1S/C12H12BrNO3/c13-10-3-1-8(2-4-10)11(15)14-6-5-9(7-14)12(16)17/h1-4,9H,5-7H2,(H,16,17). The fourth-order valence-electron chi connectivity index (χ4n) is 1.92. The largest absolute Gasteiger partial charge is 0.481 e. The smallest absolute Gasteiger partial charge is 0.308 e. The van der Waals surface area contributed by atoms with E-state index in [1.165, 1.54) is 0 Å². The van der Waals surface area contributed by atoms with Crippen molar-refractivity contribution in [3.8, 4) is 0 Å². The van der Waals surface area contributed by atoms with Gasteiger partial charge in [-0.1, -0.05) is 15.9 Å². The molecule has 1 aromatic carbocycles. The van der Waals surface area contributed by atoms with Gasteiger partial charge in [0.25, 0.3) is 5.91 Å². The lowest BCUT2D eigenvalue weighted by molar-refractivity contribution is -0.141. The van der Waals surface area contributed by atoms with Crippen LogP contribution in [-0.4, -0.2) is 35.0 Å². The number of benzene rings is 1. The van der Waals surface area contributed by atoms with E-state index in [2.05, 4.69) is 15.9 Å². The summed E-state index contributed by atoms with van der Waals surface area (Å²) in [7, 11) is 0. The van der Waals surface area contributed by atoms with E-state index in [1.807, 2.05) is 0 Å². The fraction of sp³-hybridized carbons (Fsp3) is 0.333. The monoisotopic (exact) mass is 297 g/mol. The number of amides is 1. The average Bonchev–Trinajstić information content (AvgIpc) is 2.78. The van der Waals surface area contributed by atoms with Crippen molar-refractivity contribution in [3.63, 3.8) is 0 Å². The van der Waals surface area contributed by atoms with E-state index in [4.69, 9.17) is 5.11 Å². The number of carboxylic acids is 1. The van der Waals surface area contributed by atoms with E-state index < -0.39 is 11.9 Å². The predicted molar refractivity (Wildman–Crippen MR) is 65.8 cm³/mol. The van der Waals surface area contributed by atoms with Crippen LogP contribution >= 0.6 is 15.9 Å². The van der Waals surface area contributed by atoms with Gasteiger partial charge >= 0.3 is 5.97 Å². The van der Waals surface area contributed by atoms with Crippen molar-refractivity contribution in [3.05, 3.63) is 34.3 Å². The molecule has 0 spiro atoms. The van der Waals surface area contributed by atoms with Gasteiger partial charge in [0.15, 0.2) is 0 Å². The Morgan fingerprint density at radius 3 is 2.47 bits per heavy atom. The van der Waals surface area contributed by atoms with Crippen molar-refractivity contribution in [1.82, 2.24) is 4.90 Å². The second-order valence-corrected chi connectivity index (χ2v) is 5.00. The first-order valence-electron chi connectivity index (χ1n) is 5.35. The highest BCUT2D eigenvalue weighted by Crippen LogP contribution is 2.19. The molecule has 0 aliphatic carbocycles. The van der Waals surface area contributed by atoms with Gasteiger partial charge in [0.1, 0.15) is 0 Å². The Morgan fingerprint density at radius 2 is 1.94 bits per heavy atom. The number of nitrogens with zero attached hydrogens (tertiary/aromatic N) is 1. The first-order valence-corrected chi connectivity index (χ1v) is 6.15. The minimum atomic E-state index is -0.823. The SMILES string of the molecule is O=C(O)C1CCN(C(=O)c2ccc(Br)cc2)C1. The van der Waals surface area contributed by atoms with Gasteiger partial charge in [0, 0.05) is 23.1 Å². The van der Waals surface area contributed by atoms with Crippen LogP contribution in [0.15, 0.2) is 28.7 Å². The van der Waals surface area contributed by atoms with Crippen molar-refractivity contribution >= 4 is 27.8 Å². The quantitative estimate of drug-likeness (QED) is 0.908. The lowest BCUT2D eigenvalue weighted by Gasteiger charge is -2.15. The lowest BCUT2D eigenvalue weighted by Crippen LogP contribution is -2.29. The topological polar surface area (TPSA) is 57.6 Å². The second-order valence-electron chi connectivity index (χ2n) is 4.08. The molecule has 0 saturated carbocycles. The van der Waals surface area contributed by atoms with Crippen molar-refractivity contribution < 1.29 is 14.7 Å². The fourth-order valence-corrected chi connectivity index (χ4v) is 2.19. The van der Waals surface area contributed by atoms with Gasteiger partial charge in [0.05, 0.1) is 5.92 Å². The number of likely N-dealkylation sites (tertiary alicyclic amines) is 1. The third-order valence-corrected chi connectivity index (χ3v) is 3.44. The van der Waals surface area contributed by atoms with Gasteiger partial charge in [-0.25, -0.2) is 0 Å². The van der Waals surface area contributed by atoms with Crippen LogP contribution in [0.5, 0.6) is 0 Å². The number of hydrogen-bond donors (Lipinski definition) is 1. The summed E-state index contributed by atoms with van der Waals surface area (Å²) in [6.07, 6.45) is 0.539. The van der Waals surface area contributed by atoms with Crippen molar-refractivity contribution in [2.24, 2.45) is 5.92 Å². The van der Waals surface area contributed by atoms with E-state index in [1.54, 1.807) is 29.2 Å². The van der Waals surface area contributed by atoms with Crippen LogP contribution in [0.1, 0.15) is 16.8 Å². The second kappa shape index (κ2) is 4.87. The third-order valence-electron chi connectivity index (χ3n) is 2.92. The number of carbonyl (C=O) groups excluding carboxylic acids is 1. The number of hydrogen-bond acceptors (Lipinski definition) is 2. The van der Waals surface area contributed by atoms with Crippen LogP contribution in [0.3, 0.4) is 0 Å². The molecular weight excluding hydrogens is 286 g/mol. The molecule has 17 heavy (non-hydrogen) atoms. The lowest BCUT2D eigenvalue weighted by atomic mass is 10.1. The molecule has 1 aliphatic heterocycles. The molecule has 1 heterocycles. The van der Waals surface area contributed by atoms with E-state index in [0.717, 1.165) is 4.47 Å². The van der Waals surface area contributed by atoms with Crippen molar-refractivity contribution in [1.29, 1.82) is 0 Å². The molecule has 0 radical (unpaired) electrons. The molecule has 1 saturated heterocycles. The maximum Gasteiger partial charge on any atom is 0.308 e. The Hall–Kier alpha value is -1.36. The van der Waals surface area contributed by atoms with E-state index in [0.29, 0.717) is 25.1 Å². The molecule has 1 fully saturated rings. The summed E-state index contributed by atoms with van der Waals surface area (Å²) in [5, 5.41) is 8.88. The van der Waals surface area contributed by atoms with Crippen LogP contribution < -0.4 is 0 Å². The molecule has 4 nitrogen and oxygen atoms in total. The molecule has 1 N–H and O–H groups in total. The first-order chi connectivity index (χ1) is 8.08. The number of rotatable bonds is 2. The van der Waals surface area contributed by atoms with Crippen LogP contribution in [0.2, 0.25) is 0 Å². The van der Waals surface area contributed by atoms with Gasteiger partial charge in [-0.15, -0.1) is 0 Å². The van der Waals surface area contributed by atoms with Gasteiger partial charge in [-0.05, 0) is 30.7 Å². The molecule has 1 atom stereocenters. The zero-order chi connectivity index (χ0) is 12.4. The molecule has 5 heteroatoms. The zero-order valence-electron chi connectivity index (χ0n) is 9.10. The Balaban J connectivity index is 2.07. The molecule has 0 bridgehead atoms. The molecule has 0 aromatic heterocycles. The summed E-state index contributed by atoms with van der Waals surface area (Å²) in [6.45, 7) is 0.829. The van der Waals surface area contributed by atoms with Gasteiger partial charge in [-0.2, -0.15) is 0 Å². The number of halogens is 1. The van der Waals surface area contributed by atoms with Gasteiger partial charge in [0.2, 0.25) is 0 Å². The van der Waals surface area contributed by atoms with E-state index >= 15 is 0 Å². The van der Waals surface area contributed by atoms with Gasteiger partial charge in [-0.3, -0.25) is 9.59 Å². The number of aliphatic carboxylic acids is 1. The normalized spacial score (nSPS) is 19.4. The maximum atomic E-state index is 12.0. The molecule has 2 rings (SSSR count). The Morgan fingerprint density at radius 1 is 1.29 bits per heavy atom. The molecular formula is C12H12BrNO3. The predicted octanol–water partition coefficient (Wildman–Crippen LogP) is 2.00. The number of carbonyl (C=O) groups is 2. The summed E-state index contributed by atoms with van der Waals surface area (Å²) >= 11 is 3.30. The summed E-state index contributed by atoms with van der Waals surface area (Å²) in [5.41, 5.74) is 0.597. The third kappa shape index (κ3) is 2.66. The minimum absolute atomic E-state index is 0.0961. The Kier molecular flexibility index (Phi) is 3.47. The molecule has 1 amide bonds. The maximum absolute atomic E-state index is 12.0. The van der Waals surface area contributed by atoms with Crippen LogP contribution in [0.25, 0.3) is 0 Å². The highest BCUT2D eigenvalue weighted by atomic mass is 79.9. The van der Waals surface area contributed by atoms with E-state index in [9.17, 15) is 9.59 Å². The van der Waals surface area contributed by atoms with Crippen molar-refractivity contribution in [2.75, 3.05) is 13.1 Å². The van der Waals surface area contributed by atoms with Crippen LogP contribution in [0.4, 0.5) is 0 Å². The van der Waals surface area contributed by atoms with Gasteiger partial charge < -0.3 is 10.0 Å². The van der Waals surface area contributed by atoms with Crippen LogP contribution in [0, 0.1) is 5.92 Å². The van der Waals surface area contributed by atoms with Crippen molar-refractivity contribution in [2.45, 2.75) is 6.42 Å². The molecule has 90 valence electrons. The molecule has 1 aliphatic rings. The Bertz CT molecular complexity index is 444. The summed E-state index contributed by atoms with van der Waals surface area (Å²) in [6, 6.07) is 7.08. The highest BCUT2D eigenvalue weighted by Gasteiger charge is 2.31. The van der Waals surface area contributed by atoms with Crippen LogP contribution in [-0.2, 0) is 4.79 Å². The number of carboxylic acid groups (broad SMARTS) is 1. The minimum Gasteiger partial charge on any atom is -0.481 e. The first kappa shape index (κ1) is 12.1. The highest BCUT2D eigenvalue weighted by molar-refractivity contribution is 9.10. The summed E-state index contributed by atoms with van der Waals surface area (Å²) in [4.78, 5) is 24.5. The molecule has 1 aromatic rings. The molecule has 1 unspecified atom stereocenters.